The van der Waals surface area contributed by atoms with Crippen LogP contribution >= 0.6 is 0 Å². The Kier molecular flexibility index (Phi) is 1.83. The molecular formula is C9H16N2O. The monoisotopic (exact) mass is 168 g/mol. The molecule has 2 aliphatic rings. The predicted octanol–water partition coefficient (Wildman–Crippen LogP) is 0.251. The highest BCUT2D eigenvalue weighted by atomic mass is 16.1. The molecule has 1 heterocycles. The zero-order valence-corrected chi connectivity index (χ0v) is 7.31. The SMILES string of the molecule is NC(=O)C1(C2CCCNC2)CC1. The standard InChI is InChI=1S/C9H16N2O/c10-8(12)9(3-4-9)7-2-1-5-11-6-7/h7,11H,1-6H2,(H2,10,12). The number of carbonyl (C=O) groups excluding carboxylic acids is 1. The van der Waals surface area contributed by atoms with Gasteiger partial charge in [0.05, 0.1) is 5.41 Å². The summed E-state index contributed by atoms with van der Waals surface area (Å²) in [6, 6.07) is 0. The molecule has 0 radical (unpaired) electrons. The van der Waals surface area contributed by atoms with Crippen LogP contribution in [-0.4, -0.2) is 19.0 Å². The average Bonchev–Trinajstić information content (AvgIpc) is 2.86. The molecule has 3 heteroatoms. The van der Waals surface area contributed by atoms with E-state index in [4.69, 9.17) is 5.73 Å². The summed E-state index contributed by atoms with van der Waals surface area (Å²) in [5, 5.41) is 3.33. The molecule has 2 rings (SSSR count). The van der Waals surface area contributed by atoms with Crippen molar-refractivity contribution in [2.45, 2.75) is 25.7 Å². The molecule has 0 spiro atoms. The smallest absolute Gasteiger partial charge is 0.223 e. The van der Waals surface area contributed by atoms with Crippen molar-refractivity contribution < 1.29 is 4.79 Å². The second kappa shape index (κ2) is 2.73. The Hall–Kier alpha value is -0.570. The number of hydrogen-bond acceptors (Lipinski definition) is 2. The van der Waals surface area contributed by atoms with Gasteiger partial charge in [0.1, 0.15) is 0 Å². The van der Waals surface area contributed by atoms with E-state index in [0.717, 1.165) is 25.9 Å². The lowest BCUT2D eigenvalue weighted by molar-refractivity contribution is -0.125. The van der Waals surface area contributed by atoms with E-state index in [1.54, 1.807) is 0 Å². The van der Waals surface area contributed by atoms with Gasteiger partial charge in [-0.2, -0.15) is 0 Å². The van der Waals surface area contributed by atoms with Gasteiger partial charge in [-0.15, -0.1) is 0 Å². The van der Waals surface area contributed by atoms with E-state index in [0.29, 0.717) is 5.92 Å². The summed E-state index contributed by atoms with van der Waals surface area (Å²) in [5.74, 6) is 0.444. The van der Waals surface area contributed by atoms with Crippen molar-refractivity contribution in [2.75, 3.05) is 13.1 Å². The van der Waals surface area contributed by atoms with Crippen LogP contribution in [0.5, 0.6) is 0 Å². The predicted molar refractivity (Wildman–Crippen MR) is 46.5 cm³/mol. The van der Waals surface area contributed by atoms with Gasteiger partial charge in [0, 0.05) is 0 Å². The van der Waals surface area contributed by atoms with E-state index in [-0.39, 0.29) is 11.3 Å². The minimum atomic E-state index is -0.104. The van der Waals surface area contributed by atoms with E-state index < -0.39 is 0 Å². The van der Waals surface area contributed by atoms with Crippen LogP contribution in [0.3, 0.4) is 0 Å². The first-order valence-corrected chi connectivity index (χ1v) is 4.76. The Morgan fingerprint density at radius 3 is 2.67 bits per heavy atom. The molecule has 1 atom stereocenters. The third kappa shape index (κ3) is 1.12. The zero-order chi connectivity index (χ0) is 8.60. The Balaban J connectivity index is 2.02. The van der Waals surface area contributed by atoms with Gasteiger partial charge in [-0.25, -0.2) is 0 Å². The van der Waals surface area contributed by atoms with E-state index in [2.05, 4.69) is 5.32 Å². The molecule has 2 fully saturated rings. The van der Waals surface area contributed by atoms with Gasteiger partial charge in [-0.05, 0) is 44.7 Å². The van der Waals surface area contributed by atoms with Crippen molar-refractivity contribution in [3.63, 3.8) is 0 Å². The minimum Gasteiger partial charge on any atom is -0.369 e. The number of primary amides is 1. The second-order valence-electron chi connectivity index (χ2n) is 4.06. The highest BCUT2D eigenvalue weighted by Gasteiger charge is 2.54. The summed E-state index contributed by atoms with van der Waals surface area (Å²) in [4.78, 5) is 11.2. The summed E-state index contributed by atoms with van der Waals surface area (Å²) in [6.07, 6.45) is 4.42. The molecule has 1 saturated carbocycles. The Morgan fingerprint density at radius 2 is 2.25 bits per heavy atom. The maximum absolute atomic E-state index is 11.2. The van der Waals surface area contributed by atoms with Crippen molar-refractivity contribution in [1.82, 2.24) is 5.32 Å². The molecule has 68 valence electrons. The first-order valence-electron chi connectivity index (χ1n) is 4.76. The molecule has 0 bridgehead atoms. The molecular weight excluding hydrogens is 152 g/mol. The molecule has 1 unspecified atom stereocenters. The number of nitrogens with one attached hydrogen (secondary N) is 1. The minimum absolute atomic E-state index is 0.0730. The van der Waals surface area contributed by atoms with Crippen molar-refractivity contribution in [1.29, 1.82) is 0 Å². The largest absolute Gasteiger partial charge is 0.369 e. The molecule has 1 aliphatic carbocycles. The van der Waals surface area contributed by atoms with Crippen molar-refractivity contribution in [3.8, 4) is 0 Å². The number of hydrogen-bond donors (Lipinski definition) is 2. The van der Waals surface area contributed by atoms with Gasteiger partial charge in [0.2, 0.25) is 5.91 Å². The highest BCUT2D eigenvalue weighted by Crippen LogP contribution is 2.53. The van der Waals surface area contributed by atoms with Crippen LogP contribution in [0, 0.1) is 11.3 Å². The van der Waals surface area contributed by atoms with Crippen LogP contribution in [0.25, 0.3) is 0 Å². The van der Waals surface area contributed by atoms with Gasteiger partial charge in [0.15, 0.2) is 0 Å². The number of piperidine rings is 1. The average molecular weight is 168 g/mol. The van der Waals surface area contributed by atoms with E-state index in [1.807, 2.05) is 0 Å². The van der Waals surface area contributed by atoms with E-state index in [1.165, 1.54) is 12.8 Å². The summed E-state index contributed by atoms with van der Waals surface area (Å²) in [6.45, 7) is 2.09. The van der Waals surface area contributed by atoms with Gasteiger partial charge >= 0.3 is 0 Å². The quantitative estimate of drug-likeness (QED) is 0.621. The van der Waals surface area contributed by atoms with Crippen molar-refractivity contribution in [3.05, 3.63) is 0 Å². The van der Waals surface area contributed by atoms with Crippen molar-refractivity contribution >= 4 is 5.91 Å². The molecule has 1 amide bonds. The van der Waals surface area contributed by atoms with Gasteiger partial charge in [-0.1, -0.05) is 0 Å². The Bertz CT molecular complexity index is 193. The van der Waals surface area contributed by atoms with Gasteiger partial charge < -0.3 is 11.1 Å². The maximum atomic E-state index is 11.2. The Morgan fingerprint density at radius 1 is 1.50 bits per heavy atom. The number of carbonyl (C=O) groups is 1. The van der Waals surface area contributed by atoms with Crippen LogP contribution in [0.2, 0.25) is 0 Å². The van der Waals surface area contributed by atoms with Crippen molar-refractivity contribution in [2.24, 2.45) is 17.1 Å². The summed E-state index contributed by atoms with van der Waals surface area (Å²) in [5.41, 5.74) is 5.29. The lowest BCUT2D eigenvalue weighted by Crippen LogP contribution is -2.40. The molecule has 1 aliphatic heterocycles. The lowest BCUT2D eigenvalue weighted by Gasteiger charge is -2.28. The topological polar surface area (TPSA) is 55.1 Å². The van der Waals surface area contributed by atoms with Gasteiger partial charge in [0.25, 0.3) is 0 Å². The van der Waals surface area contributed by atoms with E-state index in [9.17, 15) is 4.79 Å². The van der Waals surface area contributed by atoms with Crippen LogP contribution in [0.4, 0.5) is 0 Å². The fraction of sp³-hybridized carbons (Fsp3) is 0.889. The third-order valence-electron chi connectivity index (χ3n) is 3.36. The number of amides is 1. The molecule has 0 aromatic carbocycles. The second-order valence-corrected chi connectivity index (χ2v) is 4.06. The summed E-state index contributed by atoms with van der Waals surface area (Å²) >= 11 is 0. The third-order valence-corrected chi connectivity index (χ3v) is 3.36. The van der Waals surface area contributed by atoms with Gasteiger partial charge in [-0.3, -0.25) is 4.79 Å². The normalized spacial score (nSPS) is 32.8. The van der Waals surface area contributed by atoms with Crippen LogP contribution in [0.15, 0.2) is 0 Å². The number of rotatable bonds is 2. The lowest BCUT2D eigenvalue weighted by atomic mass is 9.83. The first kappa shape index (κ1) is 8.05. The Labute approximate surface area is 72.7 Å². The van der Waals surface area contributed by atoms with Crippen LogP contribution in [-0.2, 0) is 4.79 Å². The summed E-state index contributed by atoms with van der Waals surface area (Å²) < 4.78 is 0. The zero-order valence-electron chi connectivity index (χ0n) is 7.31. The molecule has 1 saturated heterocycles. The highest BCUT2D eigenvalue weighted by molar-refractivity contribution is 5.84. The van der Waals surface area contributed by atoms with Crippen LogP contribution in [0.1, 0.15) is 25.7 Å². The summed E-state index contributed by atoms with van der Waals surface area (Å²) in [7, 11) is 0. The fourth-order valence-electron chi connectivity index (χ4n) is 2.31. The van der Waals surface area contributed by atoms with Crippen LogP contribution < -0.4 is 11.1 Å². The number of nitrogens with two attached hydrogens (primary N) is 1. The first-order chi connectivity index (χ1) is 5.76. The molecule has 0 aromatic heterocycles. The molecule has 3 N–H and O–H groups in total. The molecule has 12 heavy (non-hydrogen) atoms. The molecule has 3 nitrogen and oxygen atoms in total. The fourth-order valence-corrected chi connectivity index (χ4v) is 2.31. The van der Waals surface area contributed by atoms with E-state index >= 15 is 0 Å². The molecule has 0 aromatic rings. The maximum Gasteiger partial charge on any atom is 0.223 e.